The Kier molecular flexibility index (Phi) is 6.46. The highest BCUT2D eigenvalue weighted by Crippen LogP contribution is 2.45. The fourth-order valence-corrected chi connectivity index (χ4v) is 6.05. The molecule has 3 N–H and O–H groups in total. The fourth-order valence-electron chi connectivity index (χ4n) is 4.64. The second kappa shape index (κ2) is 9.73. The lowest BCUT2D eigenvalue weighted by atomic mass is 9.83. The van der Waals surface area contributed by atoms with Gasteiger partial charge in [-0.2, -0.15) is 0 Å². The summed E-state index contributed by atoms with van der Waals surface area (Å²) in [5.74, 6) is -0.586. The molecule has 1 aromatic heterocycles. The Morgan fingerprint density at radius 1 is 0.919 bits per heavy atom. The van der Waals surface area contributed by atoms with Gasteiger partial charge in [0.15, 0.2) is 0 Å². The Morgan fingerprint density at radius 3 is 2.32 bits per heavy atom. The molecular formula is C31H25FN2O2S. The number of fused-ring (bicyclic) bond motifs is 1. The minimum Gasteiger partial charge on any atom is -0.355 e. The van der Waals surface area contributed by atoms with Crippen LogP contribution in [0.25, 0.3) is 31.7 Å². The molecule has 0 fully saturated rings. The third-order valence-electron chi connectivity index (χ3n) is 6.64. The number of amides is 1. The SMILES string of the molecule is CNC(=O)c1c(-c2ccc(F)cc2)sc2c(C(C)(N)c3ccccc3)cc(-c3cccc(C=O)c3)cc12. The first-order chi connectivity index (χ1) is 17.8. The van der Waals surface area contributed by atoms with Gasteiger partial charge < -0.3 is 11.1 Å². The largest absolute Gasteiger partial charge is 0.355 e. The number of nitrogens with two attached hydrogens (primary N) is 1. The zero-order valence-electron chi connectivity index (χ0n) is 20.4. The molecule has 1 heterocycles. The third-order valence-corrected chi connectivity index (χ3v) is 7.93. The molecule has 0 aliphatic rings. The summed E-state index contributed by atoms with van der Waals surface area (Å²) in [6.45, 7) is 1.96. The number of benzene rings is 4. The maximum Gasteiger partial charge on any atom is 0.253 e. The second-order valence-corrected chi connectivity index (χ2v) is 10.1. The molecule has 4 nitrogen and oxygen atoms in total. The first-order valence-corrected chi connectivity index (χ1v) is 12.6. The normalized spacial score (nSPS) is 12.8. The highest BCUT2D eigenvalue weighted by atomic mass is 32.1. The summed E-state index contributed by atoms with van der Waals surface area (Å²) in [6.07, 6.45) is 0.813. The van der Waals surface area contributed by atoms with E-state index in [1.165, 1.54) is 23.5 Å². The van der Waals surface area contributed by atoms with Crippen LogP contribution in [0.5, 0.6) is 0 Å². The van der Waals surface area contributed by atoms with E-state index in [1.807, 2.05) is 67.6 Å². The van der Waals surface area contributed by atoms with Crippen LogP contribution in [0.2, 0.25) is 0 Å². The number of thiophene rings is 1. The third kappa shape index (κ3) is 4.46. The van der Waals surface area contributed by atoms with Crippen molar-refractivity contribution in [2.24, 2.45) is 5.73 Å². The Hall–Kier alpha value is -4.13. The molecule has 184 valence electrons. The summed E-state index contributed by atoms with van der Waals surface area (Å²) in [5, 5.41) is 3.51. The van der Waals surface area contributed by atoms with Crippen molar-refractivity contribution in [1.82, 2.24) is 5.32 Å². The average Bonchev–Trinajstić information content (AvgIpc) is 3.32. The highest BCUT2D eigenvalue weighted by Gasteiger charge is 2.30. The van der Waals surface area contributed by atoms with Crippen molar-refractivity contribution in [2.45, 2.75) is 12.5 Å². The van der Waals surface area contributed by atoms with Crippen molar-refractivity contribution in [3.8, 4) is 21.6 Å². The molecule has 0 aliphatic heterocycles. The van der Waals surface area contributed by atoms with E-state index in [2.05, 4.69) is 5.32 Å². The van der Waals surface area contributed by atoms with Gasteiger partial charge in [-0.05, 0) is 65.1 Å². The van der Waals surface area contributed by atoms with Gasteiger partial charge in [0.25, 0.3) is 5.91 Å². The monoisotopic (exact) mass is 508 g/mol. The Bertz CT molecular complexity index is 1620. The average molecular weight is 509 g/mol. The van der Waals surface area contributed by atoms with E-state index >= 15 is 0 Å². The van der Waals surface area contributed by atoms with Crippen molar-refractivity contribution in [1.29, 1.82) is 0 Å². The van der Waals surface area contributed by atoms with Gasteiger partial charge in [0.05, 0.1) is 11.1 Å². The van der Waals surface area contributed by atoms with Crippen molar-refractivity contribution in [3.05, 3.63) is 119 Å². The minimum absolute atomic E-state index is 0.242. The van der Waals surface area contributed by atoms with Crippen LogP contribution in [0.4, 0.5) is 4.39 Å². The van der Waals surface area contributed by atoms with E-state index in [0.717, 1.165) is 49.1 Å². The van der Waals surface area contributed by atoms with Gasteiger partial charge in [-0.3, -0.25) is 9.59 Å². The molecule has 1 amide bonds. The predicted octanol–water partition coefficient (Wildman–Crippen LogP) is 6.77. The van der Waals surface area contributed by atoms with Gasteiger partial charge in [-0.25, -0.2) is 4.39 Å². The molecule has 0 spiro atoms. The van der Waals surface area contributed by atoms with Crippen molar-refractivity contribution >= 4 is 33.6 Å². The summed E-state index contributed by atoms with van der Waals surface area (Å²) in [6, 6.07) is 27.3. The standard InChI is InChI=1S/C31H25FN2O2S/c1-31(33,23-9-4-3-5-10-23)26-17-22(21-8-6-7-19(15-21)18-35)16-25-27(30(36)34-2)28(37-29(25)26)20-11-13-24(32)14-12-20/h3-18H,33H2,1-2H3,(H,34,36). The summed E-state index contributed by atoms with van der Waals surface area (Å²) in [4.78, 5) is 25.5. The molecule has 4 aromatic carbocycles. The summed E-state index contributed by atoms with van der Waals surface area (Å²) >= 11 is 1.47. The maximum atomic E-state index is 13.7. The van der Waals surface area contributed by atoms with E-state index in [4.69, 9.17) is 5.73 Å². The zero-order chi connectivity index (χ0) is 26.2. The number of rotatable bonds is 6. The number of halogens is 1. The molecule has 5 rings (SSSR count). The van der Waals surface area contributed by atoms with E-state index in [-0.39, 0.29) is 11.7 Å². The molecule has 1 unspecified atom stereocenters. The lowest BCUT2D eigenvalue weighted by Gasteiger charge is -2.27. The van der Waals surface area contributed by atoms with Gasteiger partial charge in [-0.1, -0.05) is 60.7 Å². The number of hydrogen-bond acceptors (Lipinski definition) is 4. The van der Waals surface area contributed by atoms with Gasteiger partial charge in [0.2, 0.25) is 0 Å². The van der Waals surface area contributed by atoms with Crippen LogP contribution in [-0.4, -0.2) is 19.2 Å². The van der Waals surface area contributed by atoms with E-state index in [1.54, 1.807) is 25.2 Å². The molecule has 0 saturated carbocycles. The summed E-state index contributed by atoms with van der Waals surface area (Å²) < 4.78 is 14.6. The predicted molar refractivity (Wildman–Crippen MR) is 149 cm³/mol. The quantitative estimate of drug-likeness (QED) is 0.249. The van der Waals surface area contributed by atoms with Gasteiger partial charge in [0.1, 0.15) is 12.1 Å². The van der Waals surface area contributed by atoms with Crippen LogP contribution in [0.15, 0.2) is 91.0 Å². The van der Waals surface area contributed by atoms with Crippen molar-refractivity contribution in [3.63, 3.8) is 0 Å². The molecule has 0 aliphatic carbocycles. The number of carbonyl (C=O) groups is 2. The molecule has 0 bridgehead atoms. The molecular weight excluding hydrogens is 483 g/mol. The van der Waals surface area contributed by atoms with Crippen LogP contribution in [0, 0.1) is 5.82 Å². The van der Waals surface area contributed by atoms with Crippen molar-refractivity contribution < 1.29 is 14.0 Å². The topological polar surface area (TPSA) is 72.2 Å². The van der Waals surface area contributed by atoms with Crippen LogP contribution in [0.1, 0.15) is 38.8 Å². The molecule has 5 aromatic rings. The molecule has 0 saturated heterocycles. The van der Waals surface area contributed by atoms with Crippen LogP contribution in [0.3, 0.4) is 0 Å². The minimum atomic E-state index is -0.886. The van der Waals surface area contributed by atoms with Gasteiger partial charge in [0, 0.05) is 27.6 Å². The summed E-state index contributed by atoms with van der Waals surface area (Å²) in [5.41, 5.74) is 11.4. The van der Waals surface area contributed by atoms with E-state index < -0.39 is 5.54 Å². The maximum absolute atomic E-state index is 13.7. The lowest BCUT2D eigenvalue weighted by molar-refractivity contribution is 0.0965. The molecule has 1 atom stereocenters. The smallest absolute Gasteiger partial charge is 0.253 e. The van der Waals surface area contributed by atoms with Crippen LogP contribution in [-0.2, 0) is 5.54 Å². The second-order valence-electron chi connectivity index (χ2n) is 9.10. The number of carbonyl (C=O) groups excluding carboxylic acids is 2. The Labute approximate surface area is 218 Å². The fraction of sp³-hybridized carbons (Fsp3) is 0.0968. The number of aldehydes is 1. The van der Waals surface area contributed by atoms with Gasteiger partial charge >= 0.3 is 0 Å². The number of hydrogen-bond donors (Lipinski definition) is 2. The number of nitrogens with one attached hydrogen (secondary N) is 1. The summed E-state index contributed by atoms with van der Waals surface area (Å²) in [7, 11) is 1.59. The molecule has 6 heteroatoms. The van der Waals surface area contributed by atoms with Crippen LogP contribution < -0.4 is 11.1 Å². The highest BCUT2D eigenvalue weighted by molar-refractivity contribution is 7.23. The van der Waals surface area contributed by atoms with Crippen molar-refractivity contribution in [2.75, 3.05) is 7.05 Å². The van der Waals surface area contributed by atoms with E-state index in [0.29, 0.717) is 11.1 Å². The lowest BCUT2D eigenvalue weighted by Crippen LogP contribution is -2.34. The zero-order valence-corrected chi connectivity index (χ0v) is 21.2. The molecule has 0 radical (unpaired) electrons. The Morgan fingerprint density at radius 2 is 1.65 bits per heavy atom. The Balaban J connectivity index is 1.88. The first kappa shape index (κ1) is 24.6. The molecule has 37 heavy (non-hydrogen) atoms. The first-order valence-electron chi connectivity index (χ1n) is 11.8. The van der Waals surface area contributed by atoms with E-state index in [9.17, 15) is 14.0 Å². The van der Waals surface area contributed by atoms with Gasteiger partial charge in [-0.15, -0.1) is 11.3 Å². The van der Waals surface area contributed by atoms with Crippen LogP contribution >= 0.6 is 11.3 Å².